The molecule has 110 valence electrons. The summed E-state index contributed by atoms with van der Waals surface area (Å²) >= 11 is 1.85. The molecule has 4 rings (SSSR count). The number of nitrogens with one attached hydrogen (secondary N) is 1. The standard InChI is InChI=1S/C17H21N3S/c1-12-16(11-18-14-8-9-14)21-17(19-12)20-10-4-6-13-5-2-3-7-15(13)20/h2-3,5,7,14,18H,4,6,8-11H2,1H3. The van der Waals surface area contributed by atoms with Gasteiger partial charge in [-0.2, -0.15) is 0 Å². The molecule has 0 bridgehead atoms. The summed E-state index contributed by atoms with van der Waals surface area (Å²) in [5, 5.41) is 4.76. The first-order valence-corrected chi connectivity index (χ1v) is 8.68. The molecule has 0 unspecified atom stereocenters. The second kappa shape index (κ2) is 5.43. The first kappa shape index (κ1) is 13.3. The molecule has 0 spiro atoms. The Morgan fingerprint density at radius 1 is 1.33 bits per heavy atom. The lowest BCUT2D eigenvalue weighted by Crippen LogP contribution is -2.24. The Labute approximate surface area is 130 Å². The van der Waals surface area contributed by atoms with Gasteiger partial charge < -0.3 is 10.2 Å². The van der Waals surface area contributed by atoms with Crippen molar-refractivity contribution in [3.63, 3.8) is 0 Å². The molecule has 0 atom stereocenters. The van der Waals surface area contributed by atoms with E-state index in [0.717, 1.165) is 24.3 Å². The van der Waals surface area contributed by atoms with E-state index in [9.17, 15) is 0 Å². The molecule has 3 nitrogen and oxygen atoms in total. The Kier molecular flexibility index (Phi) is 3.43. The van der Waals surface area contributed by atoms with Gasteiger partial charge in [-0.1, -0.05) is 29.5 Å². The molecule has 2 aliphatic rings. The molecular weight excluding hydrogens is 278 g/mol. The van der Waals surface area contributed by atoms with Crippen molar-refractivity contribution in [2.75, 3.05) is 11.4 Å². The zero-order chi connectivity index (χ0) is 14.2. The average Bonchev–Trinajstić information content (AvgIpc) is 3.27. The van der Waals surface area contributed by atoms with Crippen molar-refractivity contribution < 1.29 is 0 Å². The first-order valence-electron chi connectivity index (χ1n) is 7.86. The number of hydrogen-bond donors (Lipinski definition) is 1. The Hall–Kier alpha value is -1.39. The lowest BCUT2D eigenvalue weighted by molar-refractivity contribution is 0.691. The van der Waals surface area contributed by atoms with Crippen LogP contribution in [0.25, 0.3) is 0 Å². The Morgan fingerprint density at radius 2 is 2.19 bits per heavy atom. The summed E-state index contributed by atoms with van der Waals surface area (Å²) in [7, 11) is 0. The maximum atomic E-state index is 4.84. The lowest BCUT2D eigenvalue weighted by Gasteiger charge is -2.28. The van der Waals surface area contributed by atoms with Gasteiger partial charge in [0.1, 0.15) is 0 Å². The van der Waals surface area contributed by atoms with E-state index in [0.29, 0.717) is 0 Å². The molecular formula is C17H21N3S. The number of para-hydroxylation sites is 1. The van der Waals surface area contributed by atoms with Crippen LogP contribution in [0.1, 0.15) is 35.4 Å². The van der Waals surface area contributed by atoms with E-state index in [1.807, 2.05) is 11.3 Å². The molecule has 2 heterocycles. The van der Waals surface area contributed by atoms with Crippen LogP contribution < -0.4 is 10.2 Å². The zero-order valence-electron chi connectivity index (χ0n) is 12.4. The molecule has 2 aromatic rings. The number of rotatable bonds is 4. The maximum Gasteiger partial charge on any atom is 0.190 e. The number of thiazole rings is 1. The van der Waals surface area contributed by atoms with Crippen LogP contribution in [0.2, 0.25) is 0 Å². The Morgan fingerprint density at radius 3 is 3.05 bits per heavy atom. The largest absolute Gasteiger partial charge is 0.318 e. The highest BCUT2D eigenvalue weighted by Gasteiger charge is 2.23. The topological polar surface area (TPSA) is 28.2 Å². The molecule has 4 heteroatoms. The highest BCUT2D eigenvalue weighted by Crippen LogP contribution is 2.36. The van der Waals surface area contributed by atoms with Crippen LogP contribution in [-0.2, 0) is 13.0 Å². The highest BCUT2D eigenvalue weighted by molar-refractivity contribution is 7.15. The summed E-state index contributed by atoms with van der Waals surface area (Å²) < 4.78 is 0. The van der Waals surface area contributed by atoms with Crippen molar-refractivity contribution in [1.29, 1.82) is 0 Å². The SMILES string of the molecule is Cc1nc(N2CCCc3ccccc32)sc1CNC1CC1. The molecule has 1 aromatic carbocycles. The van der Waals surface area contributed by atoms with Crippen LogP contribution in [0.4, 0.5) is 10.8 Å². The summed E-state index contributed by atoms with van der Waals surface area (Å²) in [6, 6.07) is 9.50. The summed E-state index contributed by atoms with van der Waals surface area (Å²) in [6.07, 6.45) is 5.08. The number of anilines is 2. The minimum absolute atomic E-state index is 0.755. The molecule has 1 fully saturated rings. The second-order valence-corrected chi connectivity index (χ2v) is 7.11. The zero-order valence-corrected chi connectivity index (χ0v) is 13.2. The molecule has 1 saturated carbocycles. The number of fused-ring (bicyclic) bond motifs is 1. The minimum atomic E-state index is 0.755. The minimum Gasteiger partial charge on any atom is -0.318 e. The van der Waals surface area contributed by atoms with E-state index in [4.69, 9.17) is 4.98 Å². The molecule has 0 saturated heterocycles. The van der Waals surface area contributed by atoms with E-state index in [-0.39, 0.29) is 0 Å². The predicted molar refractivity (Wildman–Crippen MR) is 88.5 cm³/mol. The second-order valence-electron chi connectivity index (χ2n) is 6.04. The molecule has 0 radical (unpaired) electrons. The Bertz CT molecular complexity index is 645. The normalized spacial score (nSPS) is 17.9. The van der Waals surface area contributed by atoms with Gasteiger partial charge >= 0.3 is 0 Å². The molecule has 1 aliphatic carbocycles. The summed E-state index contributed by atoms with van der Waals surface area (Å²) in [4.78, 5) is 8.62. The van der Waals surface area contributed by atoms with Crippen molar-refractivity contribution in [3.05, 3.63) is 40.4 Å². The fourth-order valence-electron chi connectivity index (χ4n) is 2.95. The van der Waals surface area contributed by atoms with Crippen molar-refractivity contribution in [1.82, 2.24) is 10.3 Å². The van der Waals surface area contributed by atoms with E-state index in [2.05, 4.69) is 41.4 Å². The number of aryl methyl sites for hydroxylation is 2. The monoisotopic (exact) mass is 299 g/mol. The van der Waals surface area contributed by atoms with Crippen LogP contribution in [0.15, 0.2) is 24.3 Å². The van der Waals surface area contributed by atoms with E-state index < -0.39 is 0 Å². The molecule has 0 amide bonds. The number of aromatic nitrogens is 1. The van der Waals surface area contributed by atoms with E-state index >= 15 is 0 Å². The van der Waals surface area contributed by atoms with Gasteiger partial charge in [0.05, 0.1) is 5.69 Å². The van der Waals surface area contributed by atoms with Crippen molar-refractivity contribution in [3.8, 4) is 0 Å². The summed E-state index contributed by atoms with van der Waals surface area (Å²) in [6.45, 7) is 4.20. The maximum absolute atomic E-state index is 4.84. The fourth-order valence-corrected chi connectivity index (χ4v) is 4.00. The van der Waals surface area contributed by atoms with Gasteiger partial charge in [-0.15, -0.1) is 0 Å². The first-order chi connectivity index (χ1) is 10.3. The van der Waals surface area contributed by atoms with Crippen molar-refractivity contribution in [2.24, 2.45) is 0 Å². The molecule has 1 aliphatic heterocycles. The third-order valence-electron chi connectivity index (χ3n) is 4.35. The van der Waals surface area contributed by atoms with Gasteiger partial charge in [0, 0.05) is 29.7 Å². The quantitative estimate of drug-likeness (QED) is 0.931. The smallest absolute Gasteiger partial charge is 0.190 e. The number of hydrogen-bond acceptors (Lipinski definition) is 4. The Balaban J connectivity index is 1.60. The molecule has 1 aromatic heterocycles. The summed E-state index contributed by atoms with van der Waals surface area (Å²) in [5.41, 5.74) is 3.99. The van der Waals surface area contributed by atoms with Gasteiger partial charge in [-0.05, 0) is 44.2 Å². The van der Waals surface area contributed by atoms with Gasteiger partial charge in [-0.25, -0.2) is 4.98 Å². The third kappa shape index (κ3) is 2.70. The van der Waals surface area contributed by atoms with E-state index in [1.165, 1.54) is 47.5 Å². The average molecular weight is 299 g/mol. The summed E-state index contributed by atoms with van der Waals surface area (Å²) in [5.74, 6) is 0. The van der Waals surface area contributed by atoms with Gasteiger partial charge in [0.15, 0.2) is 5.13 Å². The van der Waals surface area contributed by atoms with Gasteiger partial charge in [0.2, 0.25) is 0 Å². The predicted octanol–water partition coefficient (Wildman–Crippen LogP) is 3.79. The number of benzene rings is 1. The lowest BCUT2D eigenvalue weighted by atomic mass is 10.0. The van der Waals surface area contributed by atoms with Gasteiger partial charge in [-0.3, -0.25) is 0 Å². The molecule has 1 N–H and O–H groups in total. The van der Waals surface area contributed by atoms with Crippen molar-refractivity contribution in [2.45, 2.75) is 45.2 Å². The van der Waals surface area contributed by atoms with Gasteiger partial charge in [0.25, 0.3) is 0 Å². The van der Waals surface area contributed by atoms with Crippen LogP contribution in [0.5, 0.6) is 0 Å². The fraction of sp³-hybridized carbons (Fsp3) is 0.471. The van der Waals surface area contributed by atoms with Crippen LogP contribution >= 0.6 is 11.3 Å². The number of nitrogens with zero attached hydrogens (tertiary/aromatic N) is 2. The third-order valence-corrected chi connectivity index (χ3v) is 5.53. The van der Waals surface area contributed by atoms with Crippen molar-refractivity contribution >= 4 is 22.2 Å². The van der Waals surface area contributed by atoms with E-state index in [1.54, 1.807) is 0 Å². The van der Waals surface area contributed by atoms with Crippen LogP contribution in [-0.4, -0.2) is 17.6 Å². The van der Waals surface area contributed by atoms with Crippen LogP contribution in [0.3, 0.4) is 0 Å². The van der Waals surface area contributed by atoms with Crippen LogP contribution in [0, 0.1) is 6.92 Å². The highest BCUT2D eigenvalue weighted by atomic mass is 32.1. The molecule has 21 heavy (non-hydrogen) atoms.